The van der Waals surface area contributed by atoms with Crippen LogP contribution in [-0.4, -0.2) is 29.0 Å². The first-order valence-corrected chi connectivity index (χ1v) is 7.24. The largest absolute Gasteiger partial charge is 0.330 e. The predicted molar refractivity (Wildman–Crippen MR) is 79.5 cm³/mol. The number of nitro groups is 1. The maximum atomic E-state index is 10.8. The van der Waals surface area contributed by atoms with Gasteiger partial charge in [-0.25, -0.2) is 0 Å². The molecule has 1 aromatic carbocycles. The van der Waals surface area contributed by atoms with E-state index in [-0.39, 0.29) is 16.7 Å². The molecular weight excluding hydrogens is 254 g/mol. The average molecular weight is 277 g/mol. The van der Waals surface area contributed by atoms with Crippen LogP contribution in [-0.2, 0) is 0 Å². The van der Waals surface area contributed by atoms with E-state index in [1.54, 1.807) is 12.1 Å². The fourth-order valence-corrected chi connectivity index (χ4v) is 3.19. The van der Waals surface area contributed by atoms with Gasteiger partial charge in [0, 0.05) is 24.2 Å². The molecule has 2 N–H and O–H groups in total. The summed E-state index contributed by atoms with van der Waals surface area (Å²) < 4.78 is 0. The Kier molecular flexibility index (Phi) is 4.73. The number of non-ortho nitro benzene ring substituents is 1. The van der Waals surface area contributed by atoms with Gasteiger partial charge in [0.2, 0.25) is 0 Å². The molecule has 2 unspecified atom stereocenters. The first kappa shape index (κ1) is 14.9. The molecule has 0 saturated carbocycles. The van der Waals surface area contributed by atoms with Gasteiger partial charge in [-0.2, -0.15) is 0 Å². The van der Waals surface area contributed by atoms with Crippen molar-refractivity contribution in [1.29, 1.82) is 0 Å². The topological polar surface area (TPSA) is 72.4 Å². The van der Waals surface area contributed by atoms with Crippen LogP contribution in [0.4, 0.5) is 5.69 Å². The Morgan fingerprint density at radius 3 is 2.55 bits per heavy atom. The van der Waals surface area contributed by atoms with Crippen LogP contribution in [0.15, 0.2) is 24.3 Å². The Bertz CT molecular complexity index is 459. The summed E-state index contributed by atoms with van der Waals surface area (Å²) in [6.07, 6.45) is 2.30. The number of nitro benzene ring substituents is 1. The number of nitrogens with two attached hydrogens (primary N) is 1. The average Bonchev–Trinajstić information content (AvgIpc) is 2.46. The minimum atomic E-state index is -0.356. The first-order chi connectivity index (χ1) is 9.54. The molecular formula is C15H23N3O2. The summed E-state index contributed by atoms with van der Waals surface area (Å²) in [5.74, 6) is 0.424. The van der Waals surface area contributed by atoms with Crippen LogP contribution in [0, 0.1) is 16.0 Å². The second kappa shape index (κ2) is 6.33. The maximum Gasteiger partial charge on any atom is 0.269 e. The van der Waals surface area contributed by atoms with Gasteiger partial charge in [0.25, 0.3) is 5.69 Å². The molecule has 1 aromatic rings. The van der Waals surface area contributed by atoms with E-state index in [0.29, 0.717) is 18.5 Å². The van der Waals surface area contributed by atoms with Gasteiger partial charge in [-0.15, -0.1) is 0 Å². The zero-order valence-electron chi connectivity index (χ0n) is 12.2. The highest BCUT2D eigenvalue weighted by molar-refractivity contribution is 5.34. The third kappa shape index (κ3) is 2.99. The van der Waals surface area contributed by atoms with Crippen LogP contribution in [0.2, 0.25) is 0 Å². The van der Waals surface area contributed by atoms with E-state index in [2.05, 4.69) is 18.7 Å². The van der Waals surface area contributed by atoms with E-state index >= 15 is 0 Å². The van der Waals surface area contributed by atoms with Crippen LogP contribution in [0.1, 0.15) is 38.3 Å². The lowest BCUT2D eigenvalue weighted by Crippen LogP contribution is -2.44. The third-order valence-corrected chi connectivity index (χ3v) is 4.21. The maximum absolute atomic E-state index is 10.8. The normalized spacial score (nSPS) is 24.0. The zero-order chi connectivity index (χ0) is 14.7. The van der Waals surface area contributed by atoms with Crippen LogP contribution >= 0.6 is 0 Å². The van der Waals surface area contributed by atoms with E-state index in [1.165, 1.54) is 6.42 Å². The van der Waals surface area contributed by atoms with E-state index < -0.39 is 0 Å². The first-order valence-electron chi connectivity index (χ1n) is 7.24. The summed E-state index contributed by atoms with van der Waals surface area (Å²) in [7, 11) is 0. The molecule has 1 aliphatic heterocycles. The summed E-state index contributed by atoms with van der Waals surface area (Å²) in [6.45, 7) is 6.11. The SMILES string of the molecule is CC(C)N1CCCC(CN)C1c1ccc([N+](=O)[O-])cc1. The predicted octanol–water partition coefficient (Wildman–Crippen LogP) is 2.72. The van der Waals surface area contributed by atoms with Crippen LogP contribution < -0.4 is 5.73 Å². The summed E-state index contributed by atoms with van der Waals surface area (Å²) in [4.78, 5) is 12.9. The molecule has 0 aliphatic carbocycles. The van der Waals surface area contributed by atoms with Gasteiger partial charge in [-0.05, 0) is 51.3 Å². The minimum Gasteiger partial charge on any atom is -0.330 e. The number of hydrogen-bond donors (Lipinski definition) is 1. The molecule has 2 atom stereocenters. The van der Waals surface area contributed by atoms with E-state index in [4.69, 9.17) is 5.73 Å². The molecule has 0 amide bonds. The van der Waals surface area contributed by atoms with Gasteiger partial charge < -0.3 is 5.73 Å². The highest BCUT2D eigenvalue weighted by Crippen LogP contribution is 2.37. The van der Waals surface area contributed by atoms with Gasteiger partial charge in [-0.1, -0.05) is 12.1 Å². The molecule has 1 saturated heterocycles. The number of rotatable bonds is 4. The Hall–Kier alpha value is -1.46. The molecule has 0 spiro atoms. The molecule has 0 bridgehead atoms. The van der Waals surface area contributed by atoms with Gasteiger partial charge in [-0.3, -0.25) is 15.0 Å². The molecule has 1 fully saturated rings. The number of nitrogens with zero attached hydrogens (tertiary/aromatic N) is 2. The number of hydrogen-bond acceptors (Lipinski definition) is 4. The summed E-state index contributed by atoms with van der Waals surface area (Å²) in [5.41, 5.74) is 7.22. The molecule has 5 nitrogen and oxygen atoms in total. The minimum absolute atomic E-state index is 0.143. The fourth-order valence-electron chi connectivity index (χ4n) is 3.19. The van der Waals surface area contributed by atoms with Crippen molar-refractivity contribution in [3.63, 3.8) is 0 Å². The van der Waals surface area contributed by atoms with Crippen molar-refractivity contribution in [2.24, 2.45) is 11.7 Å². The van der Waals surface area contributed by atoms with Crippen molar-refractivity contribution in [3.8, 4) is 0 Å². The van der Waals surface area contributed by atoms with Crippen molar-refractivity contribution in [2.45, 2.75) is 38.8 Å². The van der Waals surface area contributed by atoms with Crippen molar-refractivity contribution in [2.75, 3.05) is 13.1 Å². The Morgan fingerprint density at radius 1 is 1.40 bits per heavy atom. The van der Waals surface area contributed by atoms with Crippen LogP contribution in [0.25, 0.3) is 0 Å². The summed E-state index contributed by atoms with van der Waals surface area (Å²) in [5, 5.41) is 10.8. The number of piperidine rings is 1. The van der Waals surface area contributed by atoms with Gasteiger partial charge in [0.05, 0.1) is 4.92 Å². The highest BCUT2D eigenvalue weighted by atomic mass is 16.6. The lowest BCUT2D eigenvalue weighted by Gasteiger charge is -2.43. The Labute approximate surface area is 119 Å². The summed E-state index contributed by atoms with van der Waals surface area (Å²) in [6, 6.07) is 7.67. The van der Waals surface area contributed by atoms with E-state index in [1.807, 2.05) is 12.1 Å². The molecule has 5 heteroatoms. The lowest BCUT2D eigenvalue weighted by molar-refractivity contribution is -0.384. The quantitative estimate of drug-likeness (QED) is 0.678. The van der Waals surface area contributed by atoms with Crippen molar-refractivity contribution in [3.05, 3.63) is 39.9 Å². The lowest BCUT2D eigenvalue weighted by atomic mass is 9.84. The van der Waals surface area contributed by atoms with Crippen LogP contribution in [0.5, 0.6) is 0 Å². The number of likely N-dealkylation sites (tertiary alicyclic amines) is 1. The van der Waals surface area contributed by atoms with Crippen LogP contribution in [0.3, 0.4) is 0 Å². The molecule has 1 aliphatic rings. The van der Waals surface area contributed by atoms with Crippen molar-refractivity contribution < 1.29 is 4.92 Å². The van der Waals surface area contributed by atoms with Crippen molar-refractivity contribution in [1.82, 2.24) is 4.90 Å². The standard InChI is InChI=1S/C15H23N3O2/c1-11(2)17-9-3-4-13(10-16)15(17)12-5-7-14(8-6-12)18(19)20/h5-8,11,13,15H,3-4,9-10,16H2,1-2H3. The molecule has 0 radical (unpaired) electrons. The smallest absolute Gasteiger partial charge is 0.269 e. The Morgan fingerprint density at radius 2 is 2.05 bits per heavy atom. The van der Waals surface area contributed by atoms with Gasteiger partial charge in [0.15, 0.2) is 0 Å². The van der Waals surface area contributed by atoms with Gasteiger partial charge >= 0.3 is 0 Å². The second-order valence-electron chi connectivity index (χ2n) is 5.76. The molecule has 20 heavy (non-hydrogen) atoms. The fraction of sp³-hybridized carbons (Fsp3) is 0.600. The molecule has 0 aromatic heterocycles. The summed E-state index contributed by atoms with van der Waals surface area (Å²) >= 11 is 0. The third-order valence-electron chi connectivity index (χ3n) is 4.21. The highest BCUT2D eigenvalue weighted by Gasteiger charge is 2.33. The van der Waals surface area contributed by atoms with Gasteiger partial charge in [0.1, 0.15) is 0 Å². The molecule has 1 heterocycles. The number of benzene rings is 1. The monoisotopic (exact) mass is 277 g/mol. The molecule has 110 valence electrons. The second-order valence-corrected chi connectivity index (χ2v) is 5.76. The van der Waals surface area contributed by atoms with E-state index in [0.717, 1.165) is 18.5 Å². The molecule has 2 rings (SSSR count). The zero-order valence-corrected chi connectivity index (χ0v) is 12.2. The van der Waals surface area contributed by atoms with Crippen molar-refractivity contribution >= 4 is 5.69 Å². The Balaban J connectivity index is 2.30. The van der Waals surface area contributed by atoms with E-state index in [9.17, 15) is 10.1 Å².